The molecule has 0 saturated carbocycles. The van der Waals surface area contributed by atoms with Crippen LogP contribution in [0.1, 0.15) is 35.9 Å². The second-order valence-electron chi connectivity index (χ2n) is 4.75. The molecule has 0 atom stereocenters. The minimum absolute atomic E-state index is 0.349. The molecule has 0 amide bonds. The van der Waals surface area contributed by atoms with E-state index in [0.29, 0.717) is 5.56 Å². The molecule has 2 rings (SSSR count). The van der Waals surface area contributed by atoms with Crippen LogP contribution in [-0.4, -0.2) is 32.6 Å². The van der Waals surface area contributed by atoms with Crippen molar-refractivity contribution in [1.82, 2.24) is 9.55 Å². The van der Waals surface area contributed by atoms with Crippen molar-refractivity contribution in [1.29, 1.82) is 0 Å². The van der Waals surface area contributed by atoms with Crippen molar-refractivity contribution < 1.29 is 9.90 Å². The lowest BCUT2D eigenvalue weighted by molar-refractivity contribution is 0.0698. The number of rotatable bonds is 7. The number of carbonyl (C=O) groups is 1. The molecule has 5 heteroatoms. The normalized spacial score (nSPS) is 11.1. The van der Waals surface area contributed by atoms with Crippen molar-refractivity contribution in [2.24, 2.45) is 0 Å². The first-order valence-electron chi connectivity index (χ1n) is 6.89. The van der Waals surface area contributed by atoms with Crippen LogP contribution in [0.2, 0.25) is 0 Å². The van der Waals surface area contributed by atoms with Crippen LogP contribution in [0.15, 0.2) is 18.2 Å². The molecule has 0 radical (unpaired) electrons. The van der Waals surface area contributed by atoms with E-state index in [1.165, 1.54) is 0 Å². The van der Waals surface area contributed by atoms with Crippen molar-refractivity contribution in [3.8, 4) is 0 Å². The molecule has 0 bridgehead atoms. The van der Waals surface area contributed by atoms with Gasteiger partial charge in [0.25, 0.3) is 0 Å². The largest absolute Gasteiger partial charge is 0.478 e. The number of benzene rings is 1. The van der Waals surface area contributed by atoms with Crippen molar-refractivity contribution in [3.05, 3.63) is 29.6 Å². The first kappa shape index (κ1) is 14.9. The van der Waals surface area contributed by atoms with Gasteiger partial charge >= 0.3 is 5.97 Å². The zero-order chi connectivity index (χ0) is 14.5. The maximum absolute atomic E-state index is 11.4. The van der Waals surface area contributed by atoms with E-state index < -0.39 is 5.97 Å². The average molecular weight is 292 g/mol. The summed E-state index contributed by atoms with van der Waals surface area (Å²) in [6, 6.07) is 5.32. The molecule has 0 aliphatic heterocycles. The highest BCUT2D eigenvalue weighted by Crippen LogP contribution is 2.22. The lowest BCUT2D eigenvalue weighted by atomic mass is 10.2. The second-order valence-corrected chi connectivity index (χ2v) is 5.74. The first-order chi connectivity index (χ1) is 9.69. The fraction of sp³-hybridized carbons (Fsp3) is 0.467. The predicted octanol–water partition coefficient (Wildman–Crippen LogP) is 3.44. The topological polar surface area (TPSA) is 55.1 Å². The number of para-hydroxylation sites is 1. The van der Waals surface area contributed by atoms with Gasteiger partial charge in [0.15, 0.2) is 0 Å². The molecule has 0 spiro atoms. The summed E-state index contributed by atoms with van der Waals surface area (Å²) in [6.07, 6.45) is 5.00. The van der Waals surface area contributed by atoms with E-state index in [1.54, 1.807) is 12.1 Å². The smallest absolute Gasteiger partial charge is 0.337 e. The molecule has 20 heavy (non-hydrogen) atoms. The SMILES string of the molecule is CCCc1nc2cccc(C(=O)O)c2n1CCCSC. The number of aromatic carboxylic acids is 1. The average Bonchev–Trinajstić information content (AvgIpc) is 2.77. The fourth-order valence-electron chi connectivity index (χ4n) is 2.43. The second kappa shape index (κ2) is 6.79. The summed E-state index contributed by atoms with van der Waals surface area (Å²) < 4.78 is 2.10. The van der Waals surface area contributed by atoms with Crippen LogP contribution >= 0.6 is 11.8 Å². The standard InChI is InChI=1S/C15H20N2O2S/c1-3-6-13-16-12-8-4-7-11(15(18)19)14(12)17(13)9-5-10-20-2/h4,7-8H,3,5-6,9-10H2,1-2H3,(H,18,19). The highest BCUT2D eigenvalue weighted by atomic mass is 32.2. The van der Waals surface area contributed by atoms with Crippen LogP contribution in [0.25, 0.3) is 11.0 Å². The lowest BCUT2D eigenvalue weighted by Crippen LogP contribution is -2.08. The van der Waals surface area contributed by atoms with Crippen LogP contribution in [0.5, 0.6) is 0 Å². The third kappa shape index (κ3) is 2.98. The Morgan fingerprint density at radius 2 is 2.25 bits per heavy atom. The molecule has 0 unspecified atom stereocenters. The molecule has 1 aromatic heterocycles. The Bertz CT molecular complexity index is 607. The third-order valence-electron chi connectivity index (χ3n) is 3.28. The van der Waals surface area contributed by atoms with Crippen LogP contribution in [0, 0.1) is 0 Å². The van der Waals surface area contributed by atoms with Gasteiger partial charge in [-0.3, -0.25) is 0 Å². The first-order valence-corrected chi connectivity index (χ1v) is 8.28. The van der Waals surface area contributed by atoms with Gasteiger partial charge < -0.3 is 9.67 Å². The Morgan fingerprint density at radius 3 is 2.90 bits per heavy atom. The summed E-state index contributed by atoms with van der Waals surface area (Å²) >= 11 is 1.81. The maximum atomic E-state index is 11.4. The number of carboxylic acids is 1. The van der Waals surface area contributed by atoms with Gasteiger partial charge in [-0.1, -0.05) is 13.0 Å². The Hall–Kier alpha value is -1.49. The van der Waals surface area contributed by atoms with Gasteiger partial charge in [0.05, 0.1) is 16.6 Å². The van der Waals surface area contributed by atoms with Gasteiger partial charge in [-0.05, 0) is 37.0 Å². The molecule has 108 valence electrons. The molecule has 0 fully saturated rings. The van der Waals surface area contributed by atoms with E-state index in [4.69, 9.17) is 0 Å². The highest BCUT2D eigenvalue weighted by Gasteiger charge is 2.16. The summed E-state index contributed by atoms with van der Waals surface area (Å²) in [5, 5.41) is 9.37. The molecule has 0 aliphatic rings. The van der Waals surface area contributed by atoms with Gasteiger partial charge in [0.2, 0.25) is 0 Å². The molecule has 0 aliphatic carbocycles. The molecular weight excluding hydrogens is 272 g/mol. The number of carboxylic acid groups (broad SMARTS) is 1. The summed E-state index contributed by atoms with van der Waals surface area (Å²) in [4.78, 5) is 16.0. The van der Waals surface area contributed by atoms with E-state index in [1.807, 2.05) is 17.8 Å². The molecule has 2 aromatic rings. The fourth-order valence-corrected chi connectivity index (χ4v) is 2.85. The van der Waals surface area contributed by atoms with Gasteiger partial charge in [-0.25, -0.2) is 9.78 Å². The Balaban J connectivity index is 2.52. The number of nitrogens with zero attached hydrogens (tertiary/aromatic N) is 2. The van der Waals surface area contributed by atoms with Gasteiger partial charge in [-0.2, -0.15) is 11.8 Å². The summed E-state index contributed by atoms with van der Waals surface area (Å²) in [6.45, 7) is 2.95. The highest BCUT2D eigenvalue weighted by molar-refractivity contribution is 7.98. The van der Waals surface area contributed by atoms with E-state index in [0.717, 1.165) is 48.4 Å². The minimum Gasteiger partial charge on any atom is -0.478 e. The number of hydrogen-bond donors (Lipinski definition) is 1. The molecule has 1 heterocycles. The van der Waals surface area contributed by atoms with Crippen LogP contribution < -0.4 is 0 Å². The number of thioether (sulfide) groups is 1. The van der Waals surface area contributed by atoms with E-state index in [2.05, 4.69) is 22.7 Å². The van der Waals surface area contributed by atoms with E-state index in [9.17, 15) is 9.90 Å². The molecule has 4 nitrogen and oxygen atoms in total. The van der Waals surface area contributed by atoms with Crippen molar-refractivity contribution in [3.63, 3.8) is 0 Å². The monoisotopic (exact) mass is 292 g/mol. The maximum Gasteiger partial charge on any atom is 0.337 e. The molecule has 0 saturated heterocycles. The Labute approximate surface area is 123 Å². The number of hydrogen-bond acceptors (Lipinski definition) is 3. The van der Waals surface area contributed by atoms with Gasteiger partial charge in [-0.15, -0.1) is 0 Å². The summed E-state index contributed by atoms with van der Waals surface area (Å²) in [5.41, 5.74) is 1.91. The number of aryl methyl sites for hydroxylation is 2. The van der Waals surface area contributed by atoms with Crippen molar-refractivity contribution >= 4 is 28.8 Å². The summed E-state index contributed by atoms with van der Waals surface area (Å²) in [5.74, 6) is 1.18. The van der Waals surface area contributed by atoms with Crippen LogP contribution in [0.3, 0.4) is 0 Å². The molecular formula is C15H20N2O2S. The number of imidazole rings is 1. The van der Waals surface area contributed by atoms with Gasteiger partial charge in [0, 0.05) is 13.0 Å². The zero-order valence-corrected chi connectivity index (χ0v) is 12.7. The zero-order valence-electron chi connectivity index (χ0n) is 11.9. The summed E-state index contributed by atoms with van der Waals surface area (Å²) in [7, 11) is 0. The number of fused-ring (bicyclic) bond motifs is 1. The third-order valence-corrected chi connectivity index (χ3v) is 3.98. The van der Waals surface area contributed by atoms with Crippen LogP contribution in [0.4, 0.5) is 0 Å². The quantitative estimate of drug-likeness (QED) is 0.794. The number of aromatic nitrogens is 2. The van der Waals surface area contributed by atoms with Crippen molar-refractivity contribution in [2.45, 2.75) is 32.7 Å². The predicted molar refractivity (Wildman–Crippen MR) is 83.7 cm³/mol. The molecule has 1 N–H and O–H groups in total. The lowest BCUT2D eigenvalue weighted by Gasteiger charge is -2.09. The van der Waals surface area contributed by atoms with Gasteiger partial charge in [0.1, 0.15) is 5.82 Å². The Kier molecular flexibility index (Phi) is 5.06. The molecule has 1 aromatic carbocycles. The minimum atomic E-state index is -0.885. The van der Waals surface area contributed by atoms with E-state index in [-0.39, 0.29) is 0 Å². The van der Waals surface area contributed by atoms with Crippen molar-refractivity contribution in [2.75, 3.05) is 12.0 Å². The van der Waals surface area contributed by atoms with Crippen LogP contribution in [-0.2, 0) is 13.0 Å². The van der Waals surface area contributed by atoms with E-state index >= 15 is 0 Å². The Morgan fingerprint density at radius 1 is 1.45 bits per heavy atom.